The van der Waals surface area contributed by atoms with Crippen molar-refractivity contribution in [1.29, 1.82) is 0 Å². The largest absolute Gasteiger partial charge is 0.459 e. The second-order valence-electron chi connectivity index (χ2n) is 5.36. The Kier molecular flexibility index (Phi) is 4.45. The van der Waals surface area contributed by atoms with Gasteiger partial charge in [-0.1, -0.05) is 6.92 Å². The van der Waals surface area contributed by atoms with Gasteiger partial charge in [-0.3, -0.25) is 0 Å². The summed E-state index contributed by atoms with van der Waals surface area (Å²) in [5, 5.41) is 4.16. The molecule has 0 radical (unpaired) electrons. The third kappa shape index (κ3) is 3.02. The van der Waals surface area contributed by atoms with Gasteiger partial charge in [0.15, 0.2) is 0 Å². The van der Waals surface area contributed by atoms with Crippen LogP contribution in [0.25, 0.3) is 11.0 Å². The summed E-state index contributed by atoms with van der Waals surface area (Å²) in [6, 6.07) is 6.35. The molecule has 0 aliphatic carbocycles. The Balaban J connectivity index is 2.40. The second kappa shape index (κ2) is 5.94. The minimum absolute atomic E-state index is 0.0806. The van der Waals surface area contributed by atoms with Crippen molar-refractivity contribution in [3.8, 4) is 0 Å². The topological polar surface area (TPSA) is 34.4 Å². The number of benzene rings is 1. The third-order valence-corrected chi connectivity index (χ3v) is 3.40. The molecule has 0 fully saturated rings. The number of hydrogen-bond donors (Lipinski definition) is 1. The van der Waals surface area contributed by atoms with E-state index in [1.54, 1.807) is 6.07 Å². The lowest BCUT2D eigenvalue weighted by molar-refractivity contribution is -0.0433. The Bertz CT molecular complexity index is 577. The number of likely N-dealkylation sites (N-methyl/N-ethyl adjacent to an activating group) is 1. The van der Waals surface area contributed by atoms with Crippen molar-refractivity contribution in [2.45, 2.75) is 39.3 Å². The molecule has 0 saturated heterocycles. The van der Waals surface area contributed by atoms with E-state index in [1.807, 2.05) is 33.8 Å². The van der Waals surface area contributed by atoms with Crippen LogP contribution in [-0.4, -0.2) is 18.8 Å². The molecule has 1 unspecified atom stereocenters. The molecular weight excluding hydrogens is 257 g/mol. The minimum Gasteiger partial charge on any atom is -0.459 e. The highest BCUT2D eigenvalue weighted by molar-refractivity contribution is 5.78. The van der Waals surface area contributed by atoms with Crippen LogP contribution in [0.15, 0.2) is 28.7 Å². The molecule has 20 heavy (non-hydrogen) atoms. The number of nitrogens with one attached hydrogen (secondary N) is 1. The molecule has 0 aliphatic heterocycles. The van der Waals surface area contributed by atoms with Gasteiger partial charge in [0.1, 0.15) is 17.2 Å². The molecule has 0 amide bonds. The maximum Gasteiger partial charge on any atom is 0.134 e. The Morgan fingerprint density at radius 3 is 2.70 bits per heavy atom. The first-order chi connectivity index (χ1) is 9.47. The molecule has 4 heteroatoms. The zero-order valence-corrected chi connectivity index (χ0v) is 12.5. The highest BCUT2D eigenvalue weighted by Gasteiger charge is 2.33. The van der Waals surface area contributed by atoms with Gasteiger partial charge in [0.25, 0.3) is 0 Å². The maximum atomic E-state index is 13.3. The Morgan fingerprint density at radius 2 is 2.05 bits per heavy atom. The van der Waals surface area contributed by atoms with E-state index in [-0.39, 0.29) is 11.9 Å². The van der Waals surface area contributed by atoms with E-state index in [0.717, 1.165) is 17.7 Å². The first-order valence-electron chi connectivity index (χ1n) is 7.04. The predicted octanol–water partition coefficient (Wildman–Crippen LogP) is 4.04. The predicted molar refractivity (Wildman–Crippen MR) is 78.3 cm³/mol. The fraction of sp³-hybridized carbons (Fsp3) is 0.500. The zero-order chi connectivity index (χ0) is 14.8. The number of fused-ring (bicyclic) bond motifs is 1. The molecular formula is C16H22FNO2. The third-order valence-electron chi connectivity index (χ3n) is 3.40. The molecule has 0 bridgehead atoms. The summed E-state index contributed by atoms with van der Waals surface area (Å²) < 4.78 is 25.0. The minimum atomic E-state index is -0.406. The summed E-state index contributed by atoms with van der Waals surface area (Å²) >= 11 is 0. The standard InChI is InChI=1S/C16H22FNO2/c1-5-18-15(16(3,4)19-6-2)14-10-11-9-12(17)7-8-13(11)20-14/h7-10,15,18H,5-6H2,1-4H3. The molecule has 2 rings (SSSR count). The number of furan rings is 1. The molecule has 2 aromatic rings. The van der Waals surface area contributed by atoms with E-state index in [0.29, 0.717) is 12.2 Å². The normalized spacial score (nSPS) is 13.8. The second-order valence-corrected chi connectivity index (χ2v) is 5.36. The first kappa shape index (κ1) is 15.0. The molecule has 1 N–H and O–H groups in total. The lowest BCUT2D eigenvalue weighted by atomic mass is 9.96. The molecule has 1 atom stereocenters. The summed E-state index contributed by atoms with van der Waals surface area (Å²) in [4.78, 5) is 0. The van der Waals surface area contributed by atoms with Gasteiger partial charge in [-0.25, -0.2) is 4.39 Å². The van der Waals surface area contributed by atoms with E-state index in [9.17, 15) is 4.39 Å². The van der Waals surface area contributed by atoms with Crippen molar-refractivity contribution in [1.82, 2.24) is 5.32 Å². The summed E-state index contributed by atoms with van der Waals surface area (Å²) in [7, 11) is 0. The lowest BCUT2D eigenvalue weighted by Crippen LogP contribution is -2.41. The van der Waals surface area contributed by atoms with Crippen LogP contribution in [0.4, 0.5) is 4.39 Å². The van der Waals surface area contributed by atoms with E-state index >= 15 is 0 Å². The summed E-state index contributed by atoms with van der Waals surface area (Å²) in [5.74, 6) is 0.514. The van der Waals surface area contributed by atoms with Crippen LogP contribution in [0.1, 0.15) is 39.5 Å². The van der Waals surface area contributed by atoms with Crippen LogP contribution in [0.2, 0.25) is 0 Å². The summed E-state index contributed by atoms with van der Waals surface area (Å²) in [6.07, 6.45) is 0. The van der Waals surface area contributed by atoms with Gasteiger partial charge in [0.2, 0.25) is 0 Å². The molecule has 3 nitrogen and oxygen atoms in total. The van der Waals surface area contributed by atoms with Gasteiger partial charge in [0, 0.05) is 12.0 Å². The summed E-state index contributed by atoms with van der Waals surface area (Å²) in [6.45, 7) is 9.49. The molecule has 0 spiro atoms. The quantitative estimate of drug-likeness (QED) is 0.866. The van der Waals surface area contributed by atoms with Crippen LogP contribution in [0.5, 0.6) is 0 Å². The Hall–Kier alpha value is -1.39. The van der Waals surface area contributed by atoms with Crippen LogP contribution in [-0.2, 0) is 4.74 Å². The van der Waals surface area contributed by atoms with E-state index in [4.69, 9.17) is 9.15 Å². The zero-order valence-electron chi connectivity index (χ0n) is 12.5. The van der Waals surface area contributed by atoms with Crippen LogP contribution in [0, 0.1) is 5.82 Å². The van der Waals surface area contributed by atoms with E-state index < -0.39 is 5.60 Å². The van der Waals surface area contributed by atoms with Crippen LogP contribution >= 0.6 is 0 Å². The molecule has 110 valence electrons. The highest BCUT2D eigenvalue weighted by Crippen LogP contribution is 2.33. The Morgan fingerprint density at radius 1 is 1.30 bits per heavy atom. The van der Waals surface area contributed by atoms with Crippen molar-refractivity contribution < 1.29 is 13.5 Å². The highest BCUT2D eigenvalue weighted by atomic mass is 19.1. The van der Waals surface area contributed by atoms with Gasteiger partial charge in [0.05, 0.1) is 11.6 Å². The number of halogens is 1. The molecule has 1 heterocycles. The molecule has 0 saturated carbocycles. The number of rotatable bonds is 6. The van der Waals surface area contributed by atoms with Gasteiger partial charge >= 0.3 is 0 Å². The van der Waals surface area contributed by atoms with Gasteiger partial charge in [-0.05, 0) is 51.6 Å². The fourth-order valence-corrected chi connectivity index (χ4v) is 2.53. The van der Waals surface area contributed by atoms with Crippen molar-refractivity contribution >= 4 is 11.0 Å². The van der Waals surface area contributed by atoms with Crippen molar-refractivity contribution in [3.05, 3.63) is 35.8 Å². The first-order valence-corrected chi connectivity index (χ1v) is 7.04. The van der Waals surface area contributed by atoms with E-state index in [1.165, 1.54) is 12.1 Å². The average Bonchev–Trinajstić information content (AvgIpc) is 2.77. The molecule has 1 aromatic heterocycles. The molecule has 1 aromatic carbocycles. The SMILES string of the molecule is CCNC(c1cc2cc(F)ccc2o1)C(C)(C)OCC. The monoisotopic (exact) mass is 279 g/mol. The fourth-order valence-electron chi connectivity index (χ4n) is 2.53. The Labute approximate surface area is 119 Å². The van der Waals surface area contributed by atoms with Crippen molar-refractivity contribution in [3.63, 3.8) is 0 Å². The van der Waals surface area contributed by atoms with Gasteiger partial charge < -0.3 is 14.5 Å². The van der Waals surface area contributed by atoms with Gasteiger partial charge in [-0.2, -0.15) is 0 Å². The molecule has 0 aliphatic rings. The number of hydrogen-bond acceptors (Lipinski definition) is 3. The maximum absolute atomic E-state index is 13.3. The lowest BCUT2D eigenvalue weighted by Gasteiger charge is -2.33. The van der Waals surface area contributed by atoms with E-state index in [2.05, 4.69) is 5.32 Å². The summed E-state index contributed by atoms with van der Waals surface area (Å²) in [5.41, 5.74) is 0.286. The van der Waals surface area contributed by atoms with Crippen molar-refractivity contribution in [2.24, 2.45) is 0 Å². The van der Waals surface area contributed by atoms with Crippen LogP contribution < -0.4 is 5.32 Å². The smallest absolute Gasteiger partial charge is 0.134 e. The van der Waals surface area contributed by atoms with Crippen molar-refractivity contribution in [2.75, 3.05) is 13.2 Å². The van der Waals surface area contributed by atoms with Crippen LogP contribution in [0.3, 0.4) is 0 Å². The van der Waals surface area contributed by atoms with Gasteiger partial charge in [-0.15, -0.1) is 0 Å². The number of ether oxygens (including phenoxy) is 1. The average molecular weight is 279 g/mol.